The van der Waals surface area contributed by atoms with Crippen molar-refractivity contribution in [3.05, 3.63) is 15.5 Å². The topological polar surface area (TPSA) is 89.3 Å². The summed E-state index contributed by atoms with van der Waals surface area (Å²) in [4.78, 5) is 7.83. The summed E-state index contributed by atoms with van der Waals surface area (Å²) in [6.45, 7) is -0.259. The largest absolute Gasteiger partial charge is 0.388 e. The molecule has 2 aromatic heterocycles. The van der Waals surface area contributed by atoms with Crippen LogP contribution in [0.3, 0.4) is 0 Å². The Balaban J connectivity index is 2.84. The minimum Gasteiger partial charge on any atom is -0.388 e. The minimum atomic E-state index is -0.259. The summed E-state index contributed by atoms with van der Waals surface area (Å²) in [5.74, 6) is 0.391. The zero-order valence-corrected chi connectivity index (χ0v) is 9.12. The molecule has 2 heterocycles. The SMILES string of the molecule is Nc1nc(Cl)c(Br)c2nc(CO)nn12. The molecule has 74 valence electrons. The second-order valence-corrected chi connectivity index (χ2v) is 3.65. The van der Waals surface area contributed by atoms with Crippen LogP contribution in [-0.4, -0.2) is 24.7 Å². The molecule has 0 aromatic carbocycles. The molecule has 0 unspecified atom stereocenters. The molecule has 0 bridgehead atoms. The van der Waals surface area contributed by atoms with Gasteiger partial charge in [-0.2, -0.15) is 9.50 Å². The predicted molar refractivity (Wildman–Crippen MR) is 53.8 cm³/mol. The quantitative estimate of drug-likeness (QED) is 0.746. The lowest BCUT2D eigenvalue weighted by Gasteiger charge is -1.99. The fraction of sp³-hybridized carbons (Fsp3) is 0.167. The van der Waals surface area contributed by atoms with E-state index < -0.39 is 0 Å². The van der Waals surface area contributed by atoms with Crippen molar-refractivity contribution in [3.63, 3.8) is 0 Å². The van der Waals surface area contributed by atoms with Crippen molar-refractivity contribution in [2.24, 2.45) is 0 Å². The average molecular weight is 278 g/mol. The first-order valence-corrected chi connectivity index (χ1v) is 4.77. The number of fused-ring (bicyclic) bond motifs is 1. The van der Waals surface area contributed by atoms with E-state index in [1.807, 2.05) is 0 Å². The Labute approximate surface area is 91.8 Å². The second kappa shape index (κ2) is 3.34. The molecule has 8 heteroatoms. The lowest BCUT2D eigenvalue weighted by Crippen LogP contribution is -2.02. The first kappa shape index (κ1) is 9.63. The van der Waals surface area contributed by atoms with E-state index in [9.17, 15) is 0 Å². The molecule has 0 saturated carbocycles. The molecule has 0 aliphatic heterocycles. The van der Waals surface area contributed by atoms with Gasteiger partial charge in [0.05, 0.1) is 4.47 Å². The zero-order valence-electron chi connectivity index (χ0n) is 6.78. The lowest BCUT2D eigenvalue weighted by atomic mass is 10.6. The van der Waals surface area contributed by atoms with Gasteiger partial charge in [-0.3, -0.25) is 0 Å². The Morgan fingerprint density at radius 2 is 2.21 bits per heavy atom. The van der Waals surface area contributed by atoms with Gasteiger partial charge < -0.3 is 10.8 Å². The molecule has 6 nitrogen and oxygen atoms in total. The molecule has 0 aliphatic carbocycles. The number of rotatable bonds is 1. The maximum absolute atomic E-state index is 8.84. The Kier molecular flexibility index (Phi) is 2.30. The van der Waals surface area contributed by atoms with E-state index >= 15 is 0 Å². The van der Waals surface area contributed by atoms with Gasteiger partial charge in [0.2, 0.25) is 5.95 Å². The number of aliphatic hydroxyl groups is 1. The van der Waals surface area contributed by atoms with Crippen LogP contribution < -0.4 is 5.73 Å². The van der Waals surface area contributed by atoms with Gasteiger partial charge in [-0.25, -0.2) is 4.98 Å². The summed E-state index contributed by atoms with van der Waals surface area (Å²) >= 11 is 8.97. The van der Waals surface area contributed by atoms with Crippen molar-refractivity contribution < 1.29 is 5.11 Å². The van der Waals surface area contributed by atoms with Crippen LogP contribution in [0, 0.1) is 0 Å². The number of nitrogens with zero attached hydrogens (tertiary/aromatic N) is 4. The monoisotopic (exact) mass is 277 g/mol. The van der Waals surface area contributed by atoms with E-state index in [0.29, 0.717) is 10.1 Å². The number of nitrogen functional groups attached to an aromatic ring is 1. The molecule has 14 heavy (non-hydrogen) atoms. The van der Waals surface area contributed by atoms with Crippen molar-refractivity contribution in [2.75, 3.05) is 5.73 Å². The highest BCUT2D eigenvalue weighted by Gasteiger charge is 2.13. The average Bonchev–Trinajstić information content (AvgIpc) is 2.58. The first-order valence-electron chi connectivity index (χ1n) is 3.60. The third kappa shape index (κ3) is 1.33. The number of nitrogens with two attached hydrogens (primary N) is 1. The first-order chi connectivity index (χ1) is 6.63. The van der Waals surface area contributed by atoms with E-state index in [0.717, 1.165) is 0 Å². The van der Waals surface area contributed by atoms with Gasteiger partial charge in [0.1, 0.15) is 6.61 Å². The highest BCUT2D eigenvalue weighted by Crippen LogP contribution is 2.25. The molecule has 0 spiro atoms. The summed E-state index contributed by atoms with van der Waals surface area (Å²) in [6.07, 6.45) is 0. The maximum Gasteiger partial charge on any atom is 0.224 e. The van der Waals surface area contributed by atoms with Gasteiger partial charge >= 0.3 is 0 Å². The third-order valence-electron chi connectivity index (χ3n) is 1.60. The number of aromatic nitrogens is 4. The second-order valence-electron chi connectivity index (χ2n) is 2.50. The normalized spacial score (nSPS) is 11.1. The van der Waals surface area contributed by atoms with Gasteiger partial charge in [0, 0.05) is 0 Å². The third-order valence-corrected chi connectivity index (χ3v) is 2.83. The number of anilines is 1. The van der Waals surface area contributed by atoms with E-state index in [-0.39, 0.29) is 23.5 Å². The van der Waals surface area contributed by atoms with Gasteiger partial charge in [-0.1, -0.05) is 11.6 Å². The smallest absolute Gasteiger partial charge is 0.224 e. The van der Waals surface area contributed by atoms with Crippen LogP contribution in [0.5, 0.6) is 0 Å². The van der Waals surface area contributed by atoms with Gasteiger partial charge in [-0.05, 0) is 15.9 Å². The Hall–Kier alpha value is -0.920. The number of aliphatic hydroxyl groups excluding tert-OH is 1. The van der Waals surface area contributed by atoms with E-state index in [1.165, 1.54) is 4.52 Å². The predicted octanol–water partition coefficient (Wildman–Crippen LogP) is 0.615. The lowest BCUT2D eigenvalue weighted by molar-refractivity contribution is 0.271. The van der Waals surface area contributed by atoms with Crippen molar-refractivity contribution >= 4 is 39.1 Å². The number of halogens is 2. The summed E-state index contributed by atoms with van der Waals surface area (Å²) in [7, 11) is 0. The molecule has 0 atom stereocenters. The fourth-order valence-corrected chi connectivity index (χ4v) is 1.53. The maximum atomic E-state index is 8.84. The highest BCUT2D eigenvalue weighted by molar-refractivity contribution is 9.10. The van der Waals surface area contributed by atoms with Gasteiger partial charge in [-0.15, -0.1) is 5.10 Å². The van der Waals surface area contributed by atoms with E-state index in [4.69, 9.17) is 22.4 Å². The van der Waals surface area contributed by atoms with Crippen molar-refractivity contribution in [1.82, 2.24) is 19.6 Å². The Bertz CT molecular complexity index is 498. The Morgan fingerprint density at radius 1 is 1.50 bits per heavy atom. The zero-order chi connectivity index (χ0) is 10.3. The summed E-state index contributed by atoms with van der Waals surface area (Å²) in [5, 5.41) is 13.0. The van der Waals surface area contributed by atoms with Crippen molar-refractivity contribution in [2.45, 2.75) is 6.61 Å². The molecule has 0 aliphatic rings. The molecule has 2 aromatic rings. The van der Waals surface area contributed by atoms with E-state index in [1.54, 1.807) is 0 Å². The summed E-state index contributed by atoms with van der Waals surface area (Å²) in [5.41, 5.74) is 5.99. The molecule has 2 rings (SSSR count). The van der Waals surface area contributed by atoms with E-state index in [2.05, 4.69) is 31.0 Å². The summed E-state index contributed by atoms with van der Waals surface area (Å²) < 4.78 is 1.81. The van der Waals surface area contributed by atoms with Crippen LogP contribution in [0.1, 0.15) is 5.82 Å². The molecular formula is C6H5BrClN5O. The van der Waals surface area contributed by atoms with Gasteiger partial charge in [0.15, 0.2) is 16.6 Å². The molecule has 0 saturated heterocycles. The van der Waals surface area contributed by atoms with Crippen LogP contribution in [-0.2, 0) is 6.61 Å². The van der Waals surface area contributed by atoms with Crippen molar-refractivity contribution in [3.8, 4) is 0 Å². The molecule has 3 N–H and O–H groups in total. The summed E-state index contributed by atoms with van der Waals surface area (Å²) in [6, 6.07) is 0. The van der Waals surface area contributed by atoms with Crippen LogP contribution in [0.15, 0.2) is 4.47 Å². The number of hydrogen-bond donors (Lipinski definition) is 2. The molecular weight excluding hydrogens is 273 g/mol. The minimum absolute atomic E-state index is 0.125. The fourth-order valence-electron chi connectivity index (χ4n) is 1.01. The van der Waals surface area contributed by atoms with Crippen LogP contribution in [0.25, 0.3) is 5.65 Å². The highest BCUT2D eigenvalue weighted by atomic mass is 79.9. The Morgan fingerprint density at radius 3 is 2.86 bits per heavy atom. The van der Waals surface area contributed by atoms with Crippen molar-refractivity contribution in [1.29, 1.82) is 0 Å². The van der Waals surface area contributed by atoms with Crippen LogP contribution in [0.4, 0.5) is 5.95 Å². The van der Waals surface area contributed by atoms with Gasteiger partial charge in [0.25, 0.3) is 0 Å². The standard InChI is InChI=1S/C6H5BrClN5O/c7-3-4(8)11-6(9)13-5(3)10-2(1-14)12-13/h14H,1H2,(H2,9,11). The molecule has 0 fully saturated rings. The number of hydrogen-bond acceptors (Lipinski definition) is 5. The van der Waals surface area contributed by atoms with Crippen LogP contribution >= 0.6 is 27.5 Å². The molecule has 0 amide bonds. The molecule has 0 radical (unpaired) electrons. The van der Waals surface area contributed by atoms with Crippen LogP contribution in [0.2, 0.25) is 5.15 Å².